The van der Waals surface area contributed by atoms with E-state index < -0.39 is 17.2 Å². The van der Waals surface area contributed by atoms with E-state index in [1.54, 1.807) is 24.3 Å². The van der Waals surface area contributed by atoms with Crippen LogP contribution < -0.4 is 26.6 Å². The first-order chi connectivity index (χ1) is 16.4. The summed E-state index contributed by atoms with van der Waals surface area (Å²) >= 11 is 0. The summed E-state index contributed by atoms with van der Waals surface area (Å²) in [6.07, 6.45) is 5.33. The highest BCUT2D eigenvalue weighted by molar-refractivity contribution is 6.07. The number of fused-ring (bicyclic) bond motifs is 1. The zero-order valence-electron chi connectivity index (χ0n) is 19.0. The van der Waals surface area contributed by atoms with Crippen LogP contribution in [0, 0.1) is 0 Å². The molecule has 0 atom stereocenters. The molecule has 3 heterocycles. The molecule has 3 aromatic heterocycles. The third-order valence-electron chi connectivity index (χ3n) is 5.47. The normalized spacial score (nSPS) is 11.0. The smallest absolute Gasteiger partial charge is 0.330 e. The monoisotopic (exact) mass is 462 g/mol. The summed E-state index contributed by atoms with van der Waals surface area (Å²) in [5.41, 5.74) is 6.61. The minimum Gasteiger partial charge on any atom is -0.487 e. The zero-order valence-corrected chi connectivity index (χ0v) is 19.0. The summed E-state index contributed by atoms with van der Waals surface area (Å²) in [5.74, 6) is -0.0283. The zero-order chi connectivity index (χ0) is 24.2. The highest BCUT2D eigenvalue weighted by Gasteiger charge is 2.22. The molecule has 0 saturated carbocycles. The van der Waals surface area contributed by atoms with Crippen molar-refractivity contribution in [2.24, 2.45) is 0 Å². The molecule has 0 bridgehead atoms. The summed E-state index contributed by atoms with van der Waals surface area (Å²) < 4.78 is 9.01. The molecule has 176 valence electrons. The minimum absolute atomic E-state index is 0.0442. The summed E-state index contributed by atoms with van der Waals surface area (Å²) in [6.45, 7) is 2.55. The molecule has 0 aliphatic heterocycles. The molecular formula is C24H26N6O4. The molecule has 0 fully saturated rings. The number of nitrogens with zero attached hydrogens (tertiary/aromatic N) is 4. The van der Waals surface area contributed by atoms with E-state index in [9.17, 15) is 14.4 Å². The maximum atomic E-state index is 13.2. The van der Waals surface area contributed by atoms with E-state index in [1.165, 1.54) is 11.6 Å². The number of hydrogen-bond donors (Lipinski definition) is 2. The van der Waals surface area contributed by atoms with Crippen molar-refractivity contribution in [3.63, 3.8) is 0 Å². The fourth-order valence-electron chi connectivity index (χ4n) is 3.67. The Hall–Kier alpha value is -4.34. The van der Waals surface area contributed by atoms with Crippen LogP contribution in [0.25, 0.3) is 5.65 Å². The Bertz CT molecular complexity index is 1420. The Morgan fingerprint density at radius 1 is 1.21 bits per heavy atom. The Labute approximate surface area is 195 Å². The number of unbranched alkanes of at least 4 members (excludes halogenated alkanes) is 1. The molecule has 0 aliphatic rings. The summed E-state index contributed by atoms with van der Waals surface area (Å²) in [5, 5.41) is 0. The van der Waals surface area contributed by atoms with Gasteiger partial charge in [-0.2, -0.15) is 0 Å². The Morgan fingerprint density at radius 2 is 2.03 bits per heavy atom. The van der Waals surface area contributed by atoms with Crippen LogP contribution in [0.4, 0.5) is 11.5 Å². The first kappa shape index (κ1) is 22.8. The molecule has 3 N–H and O–H groups in total. The number of nitrogens with one attached hydrogen (secondary N) is 1. The lowest BCUT2D eigenvalue weighted by molar-refractivity contribution is 0.0992. The van der Waals surface area contributed by atoms with Gasteiger partial charge < -0.3 is 19.8 Å². The number of benzene rings is 1. The van der Waals surface area contributed by atoms with Crippen LogP contribution in [0.15, 0.2) is 64.4 Å². The van der Waals surface area contributed by atoms with Crippen LogP contribution >= 0.6 is 0 Å². The van der Waals surface area contributed by atoms with Gasteiger partial charge in [-0.1, -0.05) is 25.5 Å². The second-order valence-electron chi connectivity index (χ2n) is 7.88. The molecular weight excluding hydrogens is 436 g/mol. The second-order valence-corrected chi connectivity index (χ2v) is 7.88. The van der Waals surface area contributed by atoms with Crippen molar-refractivity contribution in [2.45, 2.75) is 32.9 Å². The standard InChI is InChI=1S/C24H26N6O4/c1-3-4-12-30-21(25)20(22(31)27-24(30)33)28(2)23(32)16-8-7-9-18(13-16)34-15-17-14-29-11-6-5-10-19(29)26-17/h5-11,13-14H,3-4,12,15,25H2,1-2H3,(H,27,31,33). The van der Waals surface area contributed by atoms with Gasteiger partial charge in [0.25, 0.3) is 11.5 Å². The number of nitrogens with two attached hydrogens (primary N) is 1. The van der Waals surface area contributed by atoms with E-state index in [4.69, 9.17) is 10.5 Å². The van der Waals surface area contributed by atoms with Crippen molar-refractivity contribution < 1.29 is 9.53 Å². The number of aromatic amines is 1. The first-order valence-electron chi connectivity index (χ1n) is 10.9. The van der Waals surface area contributed by atoms with Gasteiger partial charge in [-0.15, -0.1) is 0 Å². The maximum Gasteiger partial charge on any atom is 0.330 e. The number of pyridine rings is 1. The fraction of sp³-hybridized carbons (Fsp3) is 0.250. The van der Waals surface area contributed by atoms with E-state index in [0.717, 1.165) is 22.7 Å². The number of imidazole rings is 1. The maximum absolute atomic E-state index is 13.2. The molecule has 10 nitrogen and oxygen atoms in total. The van der Waals surface area contributed by atoms with Gasteiger partial charge in [0.1, 0.15) is 23.8 Å². The quantitative estimate of drug-likeness (QED) is 0.414. The lowest BCUT2D eigenvalue weighted by Gasteiger charge is -2.20. The van der Waals surface area contributed by atoms with Crippen molar-refractivity contribution >= 4 is 23.1 Å². The number of anilines is 2. The van der Waals surface area contributed by atoms with Gasteiger partial charge in [0.15, 0.2) is 5.69 Å². The predicted octanol–water partition coefficient (Wildman–Crippen LogP) is 2.42. The van der Waals surface area contributed by atoms with Crippen molar-refractivity contribution in [1.29, 1.82) is 0 Å². The van der Waals surface area contributed by atoms with Crippen LogP contribution in [0.3, 0.4) is 0 Å². The number of carbonyl (C=O) groups excluding carboxylic acids is 1. The summed E-state index contributed by atoms with van der Waals surface area (Å²) in [7, 11) is 1.45. The summed E-state index contributed by atoms with van der Waals surface area (Å²) in [6, 6.07) is 12.4. The molecule has 10 heteroatoms. The van der Waals surface area contributed by atoms with Gasteiger partial charge in [0, 0.05) is 31.5 Å². The predicted molar refractivity (Wildman–Crippen MR) is 129 cm³/mol. The molecule has 4 rings (SSSR count). The highest BCUT2D eigenvalue weighted by atomic mass is 16.5. The SMILES string of the molecule is CCCCn1c(N)c(N(C)C(=O)c2cccc(OCc3cn4ccccc4n3)c2)c(=O)[nH]c1=O. The van der Waals surface area contributed by atoms with Gasteiger partial charge in [0.2, 0.25) is 0 Å². The number of aromatic nitrogens is 4. The number of rotatable bonds is 8. The van der Waals surface area contributed by atoms with Crippen molar-refractivity contribution in [3.05, 3.63) is 87.0 Å². The molecule has 0 spiro atoms. The van der Waals surface area contributed by atoms with Gasteiger partial charge >= 0.3 is 5.69 Å². The third kappa shape index (κ3) is 4.56. The van der Waals surface area contributed by atoms with Crippen LogP contribution in [0.1, 0.15) is 35.8 Å². The fourth-order valence-corrected chi connectivity index (χ4v) is 3.67. The molecule has 1 amide bonds. The van der Waals surface area contributed by atoms with Crippen LogP contribution in [-0.2, 0) is 13.2 Å². The van der Waals surface area contributed by atoms with E-state index >= 15 is 0 Å². The van der Waals surface area contributed by atoms with E-state index in [1.807, 2.05) is 41.9 Å². The van der Waals surface area contributed by atoms with Crippen molar-refractivity contribution in [3.8, 4) is 5.75 Å². The minimum atomic E-state index is -0.717. The first-order valence-corrected chi connectivity index (χ1v) is 10.9. The topological polar surface area (TPSA) is 128 Å². The van der Waals surface area contributed by atoms with E-state index in [-0.39, 0.29) is 18.1 Å². The lowest BCUT2D eigenvalue weighted by atomic mass is 10.2. The number of hydrogen-bond acceptors (Lipinski definition) is 6. The van der Waals surface area contributed by atoms with Gasteiger partial charge in [-0.25, -0.2) is 9.78 Å². The molecule has 0 radical (unpaired) electrons. The Balaban J connectivity index is 1.55. The van der Waals surface area contributed by atoms with Crippen LogP contribution in [0.2, 0.25) is 0 Å². The molecule has 0 aliphatic carbocycles. The highest BCUT2D eigenvalue weighted by Crippen LogP contribution is 2.21. The van der Waals surface area contributed by atoms with E-state index in [0.29, 0.717) is 24.3 Å². The largest absolute Gasteiger partial charge is 0.487 e. The summed E-state index contributed by atoms with van der Waals surface area (Å²) in [4.78, 5) is 45.7. The Kier molecular flexibility index (Phi) is 6.48. The second kappa shape index (κ2) is 9.65. The van der Waals surface area contributed by atoms with Gasteiger partial charge in [0.05, 0.1) is 5.69 Å². The lowest BCUT2D eigenvalue weighted by Crippen LogP contribution is -2.39. The number of H-pyrrole nitrogens is 1. The third-order valence-corrected chi connectivity index (χ3v) is 5.47. The molecule has 4 aromatic rings. The van der Waals surface area contributed by atoms with Crippen LogP contribution in [-0.4, -0.2) is 31.9 Å². The molecule has 34 heavy (non-hydrogen) atoms. The molecule has 0 saturated heterocycles. The average molecular weight is 463 g/mol. The number of nitrogen functional groups attached to an aromatic ring is 1. The van der Waals surface area contributed by atoms with Crippen molar-refractivity contribution in [2.75, 3.05) is 17.7 Å². The molecule has 1 aromatic carbocycles. The Morgan fingerprint density at radius 3 is 2.79 bits per heavy atom. The van der Waals surface area contributed by atoms with Gasteiger partial charge in [-0.3, -0.25) is 19.1 Å². The van der Waals surface area contributed by atoms with E-state index in [2.05, 4.69) is 9.97 Å². The van der Waals surface area contributed by atoms with Gasteiger partial charge in [-0.05, 0) is 36.8 Å². The average Bonchev–Trinajstić information content (AvgIpc) is 3.25. The molecule has 0 unspecified atom stereocenters. The number of ether oxygens (including phenoxy) is 1. The van der Waals surface area contributed by atoms with Crippen molar-refractivity contribution in [1.82, 2.24) is 18.9 Å². The van der Waals surface area contributed by atoms with Crippen LogP contribution in [0.5, 0.6) is 5.75 Å². The number of amides is 1. The number of carbonyl (C=O) groups is 1.